The van der Waals surface area contributed by atoms with Gasteiger partial charge in [-0.1, -0.05) is 30.3 Å². The lowest BCUT2D eigenvalue weighted by atomic mass is 9.88. The molecule has 3 heteroatoms. The van der Waals surface area contributed by atoms with Crippen LogP contribution in [0.15, 0.2) is 48.8 Å². The Balaban J connectivity index is 2.51. The van der Waals surface area contributed by atoms with Crippen molar-refractivity contribution in [2.24, 2.45) is 0 Å². The molecular weight excluding hydrogens is 200 g/mol. The van der Waals surface area contributed by atoms with E-state index in [2.05, 4.69) is 4.98 Å². The second-order valence-corrected chi connectivity index (χ2v) is 3.90. The summed E-state index contributed by atoms with van der Waals surface area (Å²) < 4.78 is 0. The maximum Gasteiger partial charge on any atom is 0.115 e. The average molecular weight is 214 g/mol. The number of hydrogen-bond acceptors (Lipinski definition) is 3. The highest BCUT2D eigenvalue weighted by atomic mass is 16.3. The molecule has 16 heavy (non-hydrogen) atoms. The van der Waals surface area contributed by atoms with Gasteiger partial charge in [0.2, 0.25) is 0 Å². The van der Waals surface area contributed by atoms with Gasteiger partial charge in [0.15, 0.2) is 0 Å². The molecule has 0 amide bonds. The molecule has 1 aromatic carbocycles. The van der Waals surface area contributed by atoms with Crippen LogP contribution in [0.1, 0.15) is 18.1 Å². The first kappa shape index (κ1) is 10.6. The molecule has 82 valence electrons. The summed E-state index contributed by atoms with van der Waals surface area (Å²) in [6.45, 7) is 1.72. The predicted molar refractivity (Wildman–Crippen MR) is 63.8 cm³/mol. The van der Waals surface area contributed by atoms with Gasteiger partial charge in [-0.2, -0.15) is 0 Å². The topological polar surface area (TPSA) is 59.1 Å². The maximum absolute atomic E-state index is 10.5. The van der Waals surface area contributed by atoms with Crippen molar-refractivity contribution in [1.29, 1.82) is 0 Å². The van der Waals surface area contributed by atoms with Crippen molar-refractivity contribution in [2.75, 3.05) is 5.73 Å². The Morgan fingerprint density at radius 2 is 1.88 bits per heavy atom. The van der Waals surface area contributed by atoms with E-state index in [0.29, 0.717) is 11.3 Å². The molecule has 0 aliphatic carbocycles. The van der Waals surface area contributed by atoms with Gasteiger partial charge in [-0.3, -0.25) is 4.98 Å². The minimum atomic E-state index is -1.11. The Morgan fingerprint density at radius 3 is 2.50 bits per heavy atom. The number of pyridine rings is 1. The minimum Gasteiger partial charge on any atom is -0.398 e. The standard InChI is InChI=1S/C13H14N2O/c1-13(16,10-5-3-2-4-6-10)11-9-15-8-7-12(11)14/h2-9,16H,1H3,(H2,14,15). The van der Waals surface area contributed by atoms with Crippen molar-refractivity contribution in [1.82, 2.24) is 4.98 Å². The fraction of sp³-hybridized carbons (Fsp3) is 0.154. The summed E-state index contributed by atoms with van der Waals surface area (Å²) in [7, 11) is 0. The van der Waals surface area contributed by atoms with E-state index in [0.717, 1.165) is 5.56 Å². The summed E-state index contributed by atoms with van der Waals surface area (Å²) in [6.07, 6.45) is 3.21. The quantitative estimate of drug-likeness (QED) is 0.803. The molecule has 3 N–H and O–H groups in total. The molecule has 0 radical (unpaired) electrons. The molecule has 0 saturated heterocycles. The summed E-state index contributed by atoms with van der Waals surface area (Å²) >= 11 is 0. The number of aliphatic hydroxyl groups is 1. The van der Waals surface area contributed by atoms with Gasteiger partial charge >= 0.3 is 0 Å². The fourth-order valence-corrected chi connectivity index (χ4v) is 1.73. The zero-order valence-electron chi connectivity index (χ0n) is 9.09. The molecule has 0 spiro atoms. The molecule has 0 saturated carbocycles. The van der Waals surface area contributed by atoms with Crippen LogP contribution in [0, 0.1) is 0 Å². The minimum absolute atomic E-state index is 0.545. The highest BCUT2D eigenvalue weighted by molar-refractivity contribution is 5.51. The molecule has 2 rings (SSSR count). The van der Waals surface area contributed by atoms with E-state index >= 15 is 0 Å². The van der Waals surface area contributed by atoms with Crippen molar-refractivity contribution >= 4 is 5.69 Å². The SMILES string of the molecule is CC(O)(c1ccccc1)c1cnccc1N. The Kier molecular flexibility index (Phi) is 2.62. The molecule has 2 aromatic rings. The monoisotopic (exact) mass is 214 g/mol. The summed E-state index contributed by atoms with van der Waals surface area (Å²) in [5.74, 6) is 0. The molecule has 0 aliphatic heterocycles. The van der Waals surface area contributed by atoms with Crippen LogP contribution in [-0.2, 0) is 5.60 Å². The number of nitrogens with zero attached hydrogens (tertiary/aromatic N) is 1. The van der Waals surface area contributed by atoms with Crippen molar-refractivity contribution < 1.29 is 5.11 Å². The Labute approximate surface area is 94.6 Å². The van der Waals surface area contributed by atoms with Crippen LogP contribution < -0.4 is 5.73 Å². The first-order valence-electron chi connectivity index (χ1n) is 5.10. The average Bonchev–Trinajstić information content (AvgIpc) is 2.30. The Morgan fingerprint density at radius 1 is 1.19 bits per heavy atom. The van der Waals surface area contributed by atoms with Crippen LogP contribution in [0.3, 0.4) is 0 Å². The van der Waals surface area contributed by atoms with E-state index in [9.17, 15) is 5.11 Å². The maximum atomic E-state index is 10.5. The zero-order valence-corrected chi connectivity index (χ0v) is 9.09. The number of aromatic nitrogens is 1. The molecule has 1 heterocycles. The Hall–Kier alpha value is -1.87. The molecule has 1 aromatic heterocycles. The number of rotatable bonds is 2. The van der Waals surface area contributed by atoms with E-state index in [1.54, 1.807) is 25.4 Å². The summed E-state index contributed by atoms with van der Waals surface area (Å²) in [6, 6.07) is 11.1. The van der Waals surface area contributed by atoms with Crippen molar-refractivity contribution in [3.8, 4) is 0 Å². The van der Waals surface area contributed by atoms with Gasteiger partial charge in [0, 0.05) is 23.6 Å². The largest absolute Gasteiger partial charge is 0.398 e. The third-order valence-electron chi connectivity index (χ3n) is 2.72. The van der Waals surface area contributed by atoms with Crippen molar-refractivity contribution in [3.05, 3.63) is 59.9 Å². The lowest BCUT2D eigenvalue weighted by molar-refractivity contribution is 0.103. The van der Waals surface area contributed by atoms with Crippen LogP contribution in [0.25, 0.3) is 0 Å². The van der Waals surface area contributed by atoms with Crippen LogP contribution in [0.4, 0.5) is 5.69 Å². The molecule has 0 bridgehead atoms. The van der Waals surface area contributed by atoms with Crippen molar-refractivity contribution in [3.63, 3.8) is 0 Å². The molecule has 0 fully saturated rings. The molecule has 1 unspecified atom stereocenters. The second kappa shape index (κ2) is 3.94. The summed E-state index contributed by atoms with van der Waals surface area (Å²) in [5.41, 5.74) is 6.70. The van der Waals surface area contributed by atoms with Gasteiger partial charge < -0.3 is 10.8 Å². The third-order valence-corrected chi connectivity index (χ3v) is 2.72. The highest BCUT2D eigenvalue weighted by Gasteiger charge is 2.27. The molecule has 3 nitrogen and oxygen atoms in total. The number of nitrogens with two attached hydrogens (primary N) is 1. The molecule has 0 aliphatic rings. The number of nitrogen functional groups attached to an aromatic ring is 1. The van der Waals surface area contributed by atoms with Crippen LogP contribution in [0.2, 0.25) is 0 Å². The van der Waals surface area contributed by atoms with E-state index in [1.165, 1.54) is 0 Å². The normalized spacial score (nSPS) is 14.4. The summed E-state index contributed by atoms with van der Waals surface area (Å²) in [5, 5.41) is 10.5. The second-order valence-electron chi connectivity index (χ2n) is 3.90. The van der Waals surface area contributed by atoms with E-state index in [1.807, 2.05) is 30.3 Å². The number of hydrogen-bond donors (Lipinski definition) is 2. The number of anilines is 1. The smallest absolute Gasteiger partial charge is 0.115 e. The highest BCUT2D eigenvalue weighted by Crippen LogP contribution is 2.31. The number of benzene rings is 1. The summed E-state index contributed by atoms with van der Waals surface area (Å²) in [4.78, 5) is 4.00. The lowest BCUT2D eigenvalue weighted by Crippen LogP contribution is -2.24. The molecular formula is C13H14N2O. The van der Waals surface area contributed by atoms with Gasteiger partial charge in [0.1, 0.15) is 5.60 Å². The van der Waals surface area contributed by atoms with Gasteiger partial charge in [-0.15, -0.1) is 0 Å². The van der Waals surface area contributed by atoms with Gasteiger partial charge in [-0.25, -0.2) is 0 Å². The van der Waals surface area contributed by atoms with Crippen LogP contribution in [0.5, 0.6) is 0 Å². The van der Waals surface area contributed by atoms with Crippen molar-refractivity contribution in [2.45, 2.75) is 12.5 Å². The first-order chi connectivity index (χ1) is 7.62. The molecule has 1 atom stereocenters. The van der Waals surface area contributed by atoms with Crippen LogP contribution in [-0.4, -0.2) is 10.1 Å². The zero-order chi connectivity index (χ0) is 11.6. The fourth-order valence-electron chi connectivity index (χ4n) is 1.73. The van der Waals surface area contributed by atoms with Crippen LogP contribution >= 0.6 is 0 Å². The van der Waals surface area contributed by atoms with E-state index in [4.69, 9.17) is 5.73 Å². The van der Waals surface area contributed by atoms with E-state index in [-0.39, 0.29) is 0 Å². The van der Waals surface area contributed by atoms with Gasteiger partial charge in [0.05, 0.1) is 0 Å². The van der Waals surface area contributed by atoms with Gasteiger partial charge in [-0.05, 0) is 18.6 Å². The first-order valence-corrected chi connectivity index (χ1v) is 5.10. The Bertz CT molecular complexity index is 480. The predicted octanol–water partition coefficient (Wildman–Crippen LogP) is 1.92. The third kappa shape index (κ3) is 1.77. The van der Waals surface area contributed by atoms with E-state index < -0.39 is 5.60 Å². The van der Waals surface area contributed by atoms with Gasteiger partial charge in [0.25, 0.3) is 0 Å². The lowest BCUT2D eigenvalue weighted by Gasteiger charge is -2.25.